The van der Waals surface area contributed by atoms with Gasteiger partial charge in [0.2, 0.25) is 0 Å². The Balaban J connectivity index is 2.70. The van der Waals surface area contributed by atoms with Crippen LogP contribution in [0, 0.1) is 6.92 Å². The molecule has 6 heteroatoms. The molecule has 1 aromatic rings. The van der Waals surface area contributed by atoms with Gasteiger partial charge in [-0.05, 0) is 13.5 Å². The zero-order valence-electron chi connectivity index (χ0n) is 10.5. The second-order valence-corrected chi connectivity index (χ2v) is 4.96. The first kappa shape index (κ1) is 14.4. The van der Waals surface area contributed by atoms with E-state index in [1.54, 1.807) is 0 Å². The molecule has 0 aliphatic heterocycles. The van der Waals surface area contributed by atoms with Gasteiger partial charge < -0.3 is 5.73 Å². The van der Waals surface area contributed by atoms with Gasteiger partial charge in [-0.2, -0.15) is 5.10 Å². The molecule has 1 heterocycles. The van der Waals surface area contributed by atoms with E-state index in [2.05, 4.69) is 16.9 Å². The first-order valence-corrected chi connectivity index (χ1v) is 6.43. The van der Waals surface area contributed by atoms with E-state index in [1.807, 2.05) is 18.7 Å². The Bertz CT molecular complexity index is 402. The molecule has 4 nitrogen and oxygen atoms in total. The van der Waals surface area contributed by atoms with Crippen molar-refractivity contribution in [3.63, 3.8) is 0 Å². The number of rotatable bonds is 6. The lowest BCUT2D eigenvalue weighted by molar-refractivity contribution is 0.281. The average Bonchev–Trinajstić information content (AvgIpc) is 2.49. The van der Waals surface area contributed by atoms with Gasteiger partial charge in [0.1, 0.15) is 0 Å². The highest BCUT2D eigenvalue weighted by Crippen LogP contribution is 2.20. The molecule has 2 N–H and O–H groups in total. The molecule has 0 atom stereocenters. The topological polar surface area (TPSA) is 47.1 Å². The number of hydrogen-bond donors (Lipinski definition) is 1. The molecule has 17 heavy (non-hydrogen) atoms. The molecule has 0 spiro atoms. The number of halogens is 1. The van der Waals surface area contributed by atoms with Gasteiger partial charge in [-0.3, -0.25) is 9.58 Å². The molecule has 96 valence electrons. The molecular weight excluding hydrogens is 256 g/mol. The summed E-state index contributed by atoms with van der Waals surface area (Å²) >= 11 is 11.1. The molecule has 0 unspecified atom stereocenters. The maximum Gasteiger partial charge on any atom is 0.0860 e. The molecule has 0 amide bonds. The van der Waals surface area contributed by atoms with Crippen LogP contribution in [0.5, 0.6) is 0 Å². The fourth-order valence-corrected chi connectivity index (χ4v) is 1.99. The number of aromatic nitrogens is 2. The number of nitrogens with two attached hydrogens (primary N) is 1. The third kappa shape index (κ3) is 3.94. The monoisotopic (exact) mass is 274 g/mol. The Morgan fingerprint density at radius 3 is 2.65 bits per heavy atom. The summed E-state index contributed by atoms with van der Waals surface area (Å²) in [5.74, 6) is 0. The molecule has 0 saturated heterocycles. The van der Waals surface area contributed by atoms with E-state index in [0.717, 1.165) is 42.5 Å². The maximum atomic E-state index is 6.22. The van der Waals surface area contributed by atoms with Gasteiger partial charge in [0.25, 0.3) is 0 Å². The van der Waals surface area contributed by atoms with Crippen molar-refractivity contribution >= 4 is 28.8 Å². The van der Waals surface area contributed by atoms with Gasteiger partial charge in [-0.25, -0.2) is 0 Å². The van der Waals surface area contributed by atoms with Crippen LogP contribution in [0.25, 0.3) is 0 Å². The first-order chi connectivity index (χ1) is 7.95. The zero-order valence-corrected chi connectivity index (χ0v) is 12.1. The summed E-state index contributed by atoms with van der Waals surface area (Å²) in [6.45, 7) is 6.58. The predicted octanol–water partition coefficient (Wildman–Crippen LogP) is 1.88. The molecular formula is C11H19ClN4S. The summed E-state index contributed by atoms with van der Waals surface area (Å²) in [6.07, 6.45) is 0.734. The fraction of sp³-hybridized carbons (Fsp3) is 0.636. The van der Waals surface area contributed by atoms with E-state index < -0.39 is 0 Å². The minimum atomic E-state index is 0.552. The van der Waals surface area contributed by atoms with E-state index in [-0.39, 0.29) is 0 Å². The number of nitrogens with zero attached hydrogens (tertiary/aromatic N) is 3. The molecule has 0 saturated carbocycles. The van der Waals surface area contributed by atoms with Crippen LogP contribution in [0.15, 0.2) is 0 Å². The van der Waals surface area contributed by atoms with Crippen LogP contribution in [0.2, 0.25) is 5.02 Å². The fourth-order valence-electron chi connectivity index (χ4n) is 1.68. The summed E-state index contributed by atoms with van der Waals surface area (Å²) in [5.41, 5.74) is 7.42. The first-order valence-electron chi connectivity index (χ1n) is 5.64. The van der Waals surface area contributed by atoms with Crippen molar-refractivity contribution in [2.45, 2.75) is 26.8 Å². The number of aryl methyl sites for hydroxylation is 2. The van der Waals surface area contributed by atoms with Crippen molar-refractivity contribution in [2.24, 2.45) is 12.8 Å². The van der Waals surface area contributed by atoms with E-state index in [1.165, 1.54) is 0 Å². The van der Waals surface area contributed by atoms with Crippen LogP contribution in [-0.2, 0) is 13.6 Å². The zero-order chi connectivity index (χ0) is 13.0. The van der Waals surface area contributed by atoms with Gasteiger partial charge in [0.05, 0.1) is 21.4 Å². The van der Waals surface area contributed by atoms with Crippen molar-refractivity contribution in [1.82, 2.24) is 14.7 Å². The van der Waals surface area contributed by atoms with Gasteiger partial charge in [-0.1, -0.05) is 30.7 Å². The summed E-state index contributed by atoms with van der Waals surface area (Å²) in [6, 6.07) is 0. The summed E-state index contributed by atoms with van der Waals surface area (Å²) in [7, 11) is 1.91. The Morgan fingerprint density at radius 1 is 1.59 bits per heavy atom. The van der Waals surface area contributed by atoms with E-state index >= 15 is 0 Å². The standard InChI is InChI=1S/C11H19ClN4S/c1-4-16(6-5-10(13)17)7-9-11(12)8(2)14-15(9)3/h4-7H2,1-3H3,(H2,13,17). The van der Waals surface area contributed by atoms with E-state index in [4.69, 9.17) is 29.6 Å². The van der Waals surface area contributed by atoms with Crippen molar-refractivity contribution in [1.29, 1.82) is 0 Å². The summed E-state index contributed by atoms with van der Waals surface area (Å²) < 4.78 is 1.83. The Morgan fingerprint density at radius 2 is 2.24 bits per heavy atom. The second-order valence-electron chi connectivity index (χ2n) is 4.05. The normalized spacial score (nSPS) is 11.1. The number of hydrogen-bond acceptors (Lipinski definition) is 3. The highest BCUT2D eigenvalue weighted by Gasteiger charge is 2.14. The lowest BCUT2D eigenvalue weighted by Crippen LogP contribution is -2.28. The molecule has 0 radical (unpaired) electrons. The largest absolute Gasteiger partial charge is 0.393 e. The number of thiocarbonyl (C=S) groups is 1. The van der Waals surface area contributed by atoms with E-state index in [9.17, 15) is 0 Å². The SMILES string of the molecule is CCN(CCC(N)=S)Cc1c(Cl)c(C)nn1C. The smallest absolute Gasteiger partial charge is 0.0860 e. The Kier molecular flexibility index (Phi) is 5.36. The van der Waals surface area contributed by atoms with Crippen molar-refractivity contribution in [2.75, 3.05) is 13.1 Å². The predicted molar refractivity (Wildman–Crippen MR) is 75.3 cm³/mol. The van der Waals surface area contributed by atoms with Crippen LogP contribution < -0.4 is 5.73 Å². The molecule has 0 fully saturated rings. The third-order valence-electron chi connectivity index (χ3n) is 2.76. The molecule has 1 rings (SSSR count). The lowest BCUT2D eigenvalue weighted by atomic mass is 10.3. The molecule has 1 aromatic heterocycles. The molecule has 0 aliphatic carbocycles. The molecule has 0 bridgehead atoms. The minimum Gasteiger partial charge on any atom is -0.393 e. The Hall–Kier alpha value is -0.650. The van der Waals surface area contributed by atoms with Crippen molar-refractivity contribution in [3.05, 3.63) is 16.4 Å². The van der Waals surface area contributed by atoms with Gasteiger partial charge in [-0.15, -0.1) is 0 Å². The van der Waals surface area contributed by atoms with Crippen LogP contribution in [0.3, 0.4) is 0 Å². The second kappa shape index (κ2) is 6.33. The lowest BCUT2D eigenvalue weighted by Gasteiger charge is -2.20. The van der Waals surface area contributed by atoms with Crippen LogP contribution >= 0.6 is 23.8 Å². The van der Waals surface area contributed by atoms with Crippen molar-refractivity contribution in [3.8, 4) is 0 Å². The highest BCUT2D eigenvalue weighted by atomic mass is 35.5. The van der Waals surface area contributed by atoms with E-state index in [0.29, 0.717) is 4.99 Å². The average molecular weight is 275 g/mol. The quantitative estimate of drug-likeness (QED) is 0.805. The van der Waals surface area contributed by atoms with Gasteiger partial charge in [0, 0.05) is 26.6 Å². The summed E-state index contributed by atoms with van der Waals surface area (Å²) in [4.78, 5) is 2.80. The highest BCUT2D eigenvalue weighted by molar-refractivity contribution is 7.80. The summed E-state index contributed by atoms with van der Waals surface area (Å²) in [5, 5.41) is 5.05. The Labute approximate surface area is 113 Å². The minimum absolute atomic E-state index is 0.552. The van der Waals surface area contributed by atoms with Crippen molar-refractivity contribution < 1.29 is 0 Å². The molecule has 0 aliphatic rings. The van der Waals surface area contributed by atoms with Crippen LogP contribution in [0.4, 0.5) is 0 Å². The maximum absolute atomic E-state index is 6.22. The van der Waals surface area contributed by atoms with Gasteiger partial charge in [0.15, 0.2) is 0 Å². The third-order valence-corrected chi connectivity index (χ3v) is 3.45. The van der Waals surface area contributed by atoms with Crippen LogP contribution in [0.1, 0.15) is 24.7 Å². The molecule has 0 aromatic carbocycles. The van der Waals surface area contributed by atoms with Crippen LogP contribution in [-0.4, -0.2) is 32.8 Å². The van der Waals surface area contributed by atoms with Gasteiger partial charge >= 0.3 is 0 Å².